The summed E-state index contributed by atoms with van der Waals surface area (Å²) in [6, 6.07) is 4.66. The first kappa shape index (κ1) is 18.1. The zero-order valence-electron chi connectivity index (χ0n) is 11.8. The highest BCUT2D eigenvalue weighted by Crippen LogP contribution is 2.25. The lowest BCUT2D eigenvalue weighted by Crippen LogP contribution is -2.21. The Balaban J connectivity index is 1.82. The summed E-state index contributed by atoms with van der Waals surface area (Å²) in [6.45, 7) is -0.544. The highest BCUT2D eigenvalue weighted by molar-refractivity contribution is 7.18. The fourth-order valence-electron chi connectivity index (χ4n) is 1.58. The van der Waals surface area contributed by atoms with Crippen molar-refractivity contribution in [3.63, 3.8) is 0 Å². The lowest BCUT2D eigenvalue weighted by atomic mass is 10.1. The van der Waals surface area contributed by atoms with E-state index in [-0.39, 0.29) is 16.6 Å². The first-order chi connectivity index (χ1) is 11.3. The number of nitrogens with zero attached hydrogens (tertiary/aromatic N) is 2. The van der Waals surface area contributed by atoms with E-state index in [1.807, 2.05) is 0 Å². The molecule has 1 heterocycles. The molecule has 1 aromatic carbocycles. The Morgan fingerprint density at radius 3 is 2.75 bits per heavy atom. The molecule has 24 heavy (non-hydrogen) atoms. The van der Waals surface area contributed by atoms with Crippen molar-refractivity contribution in [3.8, 4) is 0 Å². The van der Waals surface area contributed by atoms with E-state index in [2.05, 4.69) is 10.3 Å². The molecule has 0 bridgehead atoms. The molecule has 1 N–H and O–H groups in total. The van der Waals surface area contributed by atoms with Crippen LogP contribution in [0.3, 0.4) is 0 Å². The summed E-state index contributed by atoms with van der Waals surface area (Å²) in [7, 11) is 0. The topological polar surface area (TPSA) is 111 Å². The predicted octanol–water partition coefficient (Wildman–Crippen LogP) is 3.08. The van der Waals surface area contributed by atoms with Gasteiger partial charge >= 0.3 is 11.0 Å². The summed E-state index contributed by atoms with van der Waals surface area (Å²) < 4.78 is 4.82. The van der Waals surface area contributed by atoms with E-state index in [0.29, 0.717) is 26.9 Å². The number of nitro groups is 1. The van der Waals surface area contributed by atoms with E-state index in [1.54, 1.807) is 12.1 Å². The van der Waals surface area contributed by atoms with Gasteiger partial charge in [-0.2, -0.15) is 0 Å². The average Bonchev–Trinajstić information content (AvgIpc) is 2.97. The number of ether oxygens (including phenoxy) is 1. The van der Waals surface area contributed by atoms with Crippen LogP contribution in [-0.4, -0.2) is 28.4 Å². The van der Waals surface area contributed by atoms with Crippen LogP contribution in [0.5, 0.6) is 0 Å². The molecule has 0 saturated carbocycles. The van der Waals surface area contributed by atoms with E-state index >= 15 is 0 Å². The van der Waals surface area contributed by atoms with E-state index < -0.39 is 23.4 Å². The number of esters is 1. The Bertz CT molecular complexity index is 796. The fraction of sp³-hybridized carbons (Fsp3) is 0.154. The smallest absolute Gasteiger partial charge is 0.345 e. The number of carbonyl (C=O) groups excluding carboxylic acids is 2. The van der Waals surface area contributed by atoms with E-state index in [0.717, 1.165) is 6.20 Å². The molecule has 2 aromatic rings. The quantitative estimate of drug-likeness (QED) is 0.461. The molecule has 0 aliphatic carbocycles. The number of benzene rings is 1. The van der Waals surface area contributed by atoms with Gasteiger partial charge in [-0.1, -0.05) is 29.3 Å². The van der Waals surface area contributed by atoms with Gasteiger partial charge in [-0.3, -0.25) is 25.0 Å². The van der Waals surface area contributed by atoms with E-state index in [9.17, 15) is 19.7 Å². The number of amides is 1. The third kappa shape index (κ3) is 5.15. The van der Waals surface area contributed by atoms with Crippen LogP contribution in [0.15, 0.2) is 24.4 Å². The van der Waals surface area contributed by atoms with Gasteiger partial charge < -0.3 is 4.74 Å². The first-order valence-corrected chi connectivity index (χ1v) is 7.92. The van der Waals surface area contributed by atoms with Crippen LogP contribution in [0, 0.1) is 10.1 Å². The van der Waals surface area contributed by atoms with Gasteiger partial charge in [0.05, 0.1) is 11.3 Å². The molecule has 8 nitrogen and oxygen atoms in total. The molecular formula is C13H9Cl2N3O5S. The number of anilines is 1. The lowest BCUT2D eigenvalue weighted by Gasteiger charge is -2.06. The molecule has 2 rings (SSSR count). The molecule has 0 saturated heterocycles. The Labute approximate surface area is 149 Å². The van der Waals surface area contributed by atoms with Gasteiger partial charge in [-0.25, -0.2) is 4.98 Å². The number of nitrogens with one attached hydrogen (secondary N) is 1. The first-order valence-electron chi connectivity index (χ1n) is 6.35. The maximum Gasteiger partial charge on any atom is 0.345 e. The zero-order chi connectivity index (χ0) is 17.7. The third-order valence-electron chi connectivity index (χ3n) is 2.63. The van der Waals surface area contributed by atoms with Crippen molar-refractivity contribution >= 4 is 56.5 Å². The second-order valence-corrected chi connectivity index (χ2v) is 6.23. The molecule has 0 aliphatic heterocycles. The molecule has 0 unspecified atom stereocenters. The third-order valence-corrected chi connectivity index (χ3v) is 4.09. The minimum atomic E-state index is -0.658. The molecule has 1 amide bonds. The second-order valence-electron chi connectivity index (χ2n) is 4.38. The van der Waals surface area contributed by atoms with Crippen molar-refractivity contribution in [1.29, 1.82) is 0 Å². The van der Waals surface area contributed by atoms with Crippen molar-refractivity contribution in [2.75, 3.05) is 11.9 Å². The number of aromatic nitrogens is 1. The Hall–Kier alpha value is -2.23. The van der Waals surface area contributed by atoms with Crippen molar-refractivity contribution in [2.45, 2.75) is 6.42 Å². The van der Waals surface area contributed by atoms with Gasteiger partial charge in [0.1, 0.15) is 6.20 Å². The SMILES string of the molecule is O=C(COC(=O)Cc1ccc(Cl)cc1Cl)Nc1ncc([N+](=O)[O-])s1. The number of hydrogen-bond donors (Lipinski definition) is 1. The Morgan fingerprint density at radius 1 is 1.38 bits per heavy atom. The van der Waals surface area contributed by atoms with Crippen LogP contribution >= 0.6 is 34.5 Å². The summed E-state index contributed by atoms with van der Waals surface area (Å²) in [4.78, 5) is 36.9. The van der Waals surface area contributed by atoms with Crippen LogP contribution in [0.1, 0.15) is 5.56 Å². The minimum absolute atomic E-state index is 0.0449. The molecule has 11 heteroatoms. The highest BCUT2D eigenvalue weighted by Gasteiger charge is 2.15. The maximum absolute atomic E-state index is 11.7. The second kappa shape index (κ2) is 8.04. The lowest BCUT2D eigenvalue weighted by molar-refractivity contribution is -0.380. The summed E-state index contributed by atoms with van der Waals surface area (Å²) in [6.07, 6.45) is 0.904. The van der Waals surface area contributed by atoms with Gasteiger partial charge in [0.15, 0.2) is 11.7 Å². The van der Waals surface area contributed by atoms with Crippen molar-refractivity contribution in [3.05, 3.63) is 50.1 Å². The standard InChI is InChI=1S/C13H9Cl2N3O5S/c14-8-2-1-7(9(15)4-8)3-12(20)23-6-10(19)17-13-16-5-11(24-13)18(21)22/h1-2,4-5H,3,6H2,(H,16,17,19). The normalized spacial score (nSPS) is 10.2. The molecule has 1 aromatic heterocycles. The monoisotopic (exact) mass is 389 g/mol. The number of thiazole rings is 1. The van der Waals surface area contributed by atoms with E-state index in [4.69, 9.17) is 27.9 Å². The van der Waals surface area contributed by atoms with Crippen LogP contribution in [0.4, 0.5) is 10.1 Å². The van der Waals surface area contributed by atoms with Crippen LogP contribution < -0.4 is 5.32 Å². The van der Waals surface area contributed by atoms with Crippen LogP contribution in [0.25, 0.3) is 0 Å². The Kier molecular flexibility index (Phi) is 6.07. The van der Waals surface area contributed by atoms with Crippen LogP contribution in [-0.2, 0) is 20.7 Å². The summed E-state index contributed by atoms with van der Waals surface area (Å²) in [5, 5.41) is 13.4. The molecule has 126 valence electrons. The molecular weight excluding hydrogens is 381 g/mol. The number of halogens is 2. The largest absolute Gasteiger partial charge is 0.455 e. The van der Waals surface area contributed by atoms with Crippen molar-refractivity contribution < 1.29 is 19.2 Å². The molecule has 0 aliphatic rings. The highest BCUT2D eigenvalue weighted by atomic mass is 35.5. The van der Waals surface area contributed by atoms with E-state index in [1.165, 1.54) is 6.07 Å². The van der Waals surface area contributed by atoms with Gasteiger partial charge in [0.2, 0.25) is 0 Å². The van der Waals surface area contributed by atoms with Gasteiger partial charge in [-0.15, -0.1) is 0 Å². The van der Waals surface area contributed by atoms with Gasteiger partial charge in [-0.05, 0) is 29.0 Å². The zero-order valence-corrected chi connectivity index (χ0v) is 14.2. The number of hydrogen-bond acceptors (Lipinski definition) is 7. The maximum atomic E-state index is 11.7. The van der Waals surface area contributed by atoms with Crippen molar-refractivity contribution in [1.82, 2.24) is 4.98 Å². The molecule has 0 spiro atoms. The summed E-state index contributed by atoms with van der Waals surface area (Å²) in [5.74, 6) is -1.31. The van der Waals surface area contributed by atoms with Crippen molar-refractivity contribution in [2.24, 2.45) is 0 Å². The summed E-state index contributed by atoms with van der Waals surface area (Å²) in [5.41, 5.74) is 0.516. The summed E-state index contributed by atoms with van der Waals surface area (Å²) >= 11 is 12.4. The van der Waals surface area contributed by atoms with Gasteiger partial charge in [0, 0.05) is 10.0 Å². The molecule has 0 atom stereocenters. The molecule has 0 radical (unpaired) electrons. The number of carbonyl (C=O) groups is 2. The van der Waals surface area contributed by atoms with Gasteiger partial charge in [0.25, 0.3) is 5.91 Å². The van der Waals surface area contributed by atoms with Crippen LogP contribution in [0.2, 0.25) is 10.0 Å². The Morgan fingerprint density at radius 2 is 2.12 bits per heavy atom. The predicted molar refractivity (Wildman–Crippen MR) is 88.5 cm³/mol. The number of rotatable bonds is 6. The average molecular weight is 390 g/mol. The molecule has 0 fully saturated rings. The minimum Gasteiger partial charge on any atom is -0.455 e. The fourth-order valence-corrected chi connectivity index (χ4v) is 2.70.